The third-order valence-electron chi connectivity index (χ3n) is 2.18. The molecule has 2 rings (SSSR count). The predicted octanol–water partition coefficient (Wildman–Crippen LogP) is 0.878. The monoisotopic (exact) mass is 178 g/mol. The molecule has 1 aromatic rings. The Morgan fingerprint density at radius 3 is 2.92 bits per heavy atom. The van der Waals surface area contributed by atoms with E-state index in [1.54, 1.807) is 0 Å². The van der Waals surface area contributed by atoms with Gasteiger partial charge in [0.15, 0.2) is 0 Å². The molecule has 0 aromatic carbocycles. The van der Waals surface area contributed by atoms with Gasteiger partial charge in [0, 0.05) is 12.7 Å². The molecule has 1 N–H and O–H groups in total. The number of rotatable bonds is 3. The normalized spacial score (nSPS) is 17.0. The number of aromatic nitrogens is 1. The van der Waals surface area contributed by atoms with E-state index in [0.29, 0.717) is 6.04 Å². The van der Waals surface area contributed by atoms with Gasteiger partial charge in [-0.3, -0.25) is 4.98 Å². The molecule has 0 amide bonds. The zero-order chi connectivity index (χ0) is 9.10. The van der Waals surface area contributed by atoms with Gasteiger partial charge in [0.25, 0.3) is 0 Å². The number of aryl methyl sites for hydroxylation is 1. The summed E-state index contributed by atoms with van der Waals surface area (Å²) in [5.74, 6) is 0. The summed E-state index contributed by atoms with van der Waals surface area (Å²) in [6.07, 6.45) is 1.90. The highest BCUT2D eigenvalue weighted by atomic mass is 16.5. The van der Waals surface area contributed by atoms with Crippen LogP contribution in [0.3, 0.4) is 0 Å². The van der Waals surface area contributed by atoms with Crippen LogP contribution in [0.15, 0.2) is 18.3 Å². The molecule has 1 aliphatic rings. The molecular formula is C10H14N2O. The van der Waals surface area contributed by atoms with E-state index in [1.165, 1.54) is 5.56 Å². The third-order valence-corrected chi connectivity index (χ3v) is 2.18. The minimum Gasteiger partial charge on any atom is -0.378 e. The molecule has 0 unspecified atom stereocenters. The zero-order valence-electron chi connectivity index (χ0n) is 7.79. The van der Waals surface area contributed by atoms with Crippen LogP contribution in [0.1, 0.15) is 11.3 Å². The molecule has 1 aliphatic heterocycles. The van der Waals surface area contributed by atoms with Gasteiger partial charge in [0.2, 0.25) is 0 Å². The van der Waals surface area contributed by atoms with Crippen molar-refractivity contribution in [3.8, 4) is 0 Å². The Hall–Kier alpha value is -0.930. The van der Waals surface area contributed by atoms with E-state index >= 15 is 0 Å². The van der Waals surface area contributed by atoms with Gasteiger partial charge in [-0.2, -0.15) is 0 Å². The Morgan fingerprint density at radius 1 is 1.54 bits per heavy atom. The van der Waals surface area contributed by atoms with E-state index in [-0.39, 0.29) is 0 Å². The van der Waals surface area contributed by atoms with Crippen LogP contribution in [0.5, 0.6) is 0 Å². The van der Waals surface area contributed by atoms with E-state index in [4.69, 9.17) is 4.74 Å². The van der Waals surface area contributed by atoms with Crippen molar-refractivity contribution in [1.82, 2.24) is 10.3 Å². The first kappa shape index (κ1) is 8.66. The summed E-state index contributed by atoms with van der Waals surface area (Å²) >= 11 is 0. The molecule has 0 bridgehead atoms. The second-order valence-corrected chi connectivity index (χ2v) is 3.44. The van der Waals surface area contributed by atoms with E-state index in [9.17, 15) is 0 Å². The lowest BCUT2D eigenvalue weighted by Crippen LogP contribution is -2.45. The van der Waals surface area contributed by atoms with Crippen molar-refractivity contribution in [2.75, 3.05) is 13.2 Å². The fourth-order valence-corrected chi connectivity index (χ4v) is 1.21. The van der Waals surface area contributed by atoms with Crippen molar-refractivity contribution in [2.45, 2.75) is 19.5 Å². The Morgan fingerprint density at radius 2 is 2.38 bits per heavy atom. The molecule has 0 spiro atoms. The highest BCUT2D eigenvalue weighted by Crippen LogP contribution is 2.02. The van der Waals surface area contributed by atoms with Gasteiger partial charge in [0.05, 0.1) is 24.9 Å². The first-order valence-corrected chi connectivity index (χ1v) is 4.57. The van der Waals surface area contributed by atoms with E-state index in [0.717, 1.165) is 25.5 Å². The molecule has 2 heterocycles. The maximum Gasteiger partial charge on any atom is 0.0643 e. The molecule has 13 heavy (non-hydrogen) atoms. The number of ether oxygens (including phenoxy) is 1. The summed E-state index contributed by atoms with van der Waals surface area (Å²) in [7, 11) is 0. The standard InChI is InChI=1S/C10H14N2O/c1-8-2-3-9(11-4-8)5-12-10-6-13-7-10/h2-4,10,12H,5-7H2,1H3. The van der Waals surface area contributed by atoms with Crippen LogP contribution in [0.25, 0.3) is 0 Å². The maximum absolute atomic E-state index is 5.06. The Kier molecular flexibility index (Phi) is 2.57. The lowest BCUT2D eigenvalue weighted by atomic mass is 10.2. The van der Waals surface area contributed by atoms with Crippen molar-refractivity contribution in [1.29, 1.82) is 0 Å². The van der Waals surface area contributed by atoms with Crippen LogP contribution >= 0.6 is 0 Å². The molecule has 0 saturated carbocycles. The minimum absolute atomic E-state index is 0.531. The smallest absolute Gasteiger partial charge is 0.0643 e. The number of pyridine rings is 1. The summed E-state index contributed by atoms with van der Waals surface area (Å²) < 4.78 is 5.06. The Bertz CT molecular complexity index is 267. The van der Waals surface area contributed by atoms with E-state index < -0.39 is 0 Å². The average Bonchev–Trinajstić information content (AvgIpc) is 2.05. The summed E-state index contributed by atoms with van der Waals surface area (Å²) in [6.45, 7) is 4.57. The van der Waals surface area contributed by atoms with Crippen LogP contribution in [0.4, 0.5) is 0 Å². The molecular weight excluding hydrogens is 164 g/mol. The Balaban J connectivity index is 1.83. The molecule has 1 saturated heterocycles. The fourth-order valence-electron chi connectivity index (χ4n) is 1.21. The molecule has 0 radical (unpaired) electrons. The lowest BCUT2D eigenvalue weighted by molar-refractivity contribution is -0.00591. The molecule has 1 aromatic heterocycles. The van der Waals surface area contributed by atoms with Crippen molar-refractivity contribution >= 4 is 0 Å². The van der Waals surface area contributed by atoms with Crippen LogP contribution in [0, 0.1) is 6.92 Å². The van der Waals surface area contributed by atoms with Crippen LogP contribution in [-0.2, 0) is 11.3 Å². The van der Waals surface area contributed by atoms with Gasteiger partial charge >= 0.3 is 0 Å². The zero-order valence-corrected chi connectivity index (χ0v) is 7.79. The number of hydrogen-bond acceptors (Lipinski definition) is 3. The van der Waals surface area contributed by atoms with Crippen LogP contribution < -0.4 is 5.32 Å². The molecule has 0 atom stereocenters. The van der Waals surface area contributed by atoms with E-state index in [1.807, 2.05) is 13.1 Å². The molecule has 70 valence electrons. The highest BCUT2D eigenvalue weighted by Gasteiger charge is 2.16. The first-order chi connectivity index (χ1) is 6.34. The molecule has 0 aliphatic carbocycles. The maximum atomic E-state index is 5.06. The van der Waals surface area contributed by atoms with Gasteiger partial charge in [0.1, 0.15) is 0 Å². The molecule has 1 fully saturated rings. The molecule has 3 heteroatoms. The van der Waals surface area contributed by atoms with Gasteiger partial charge in [-0.15, -0.1) is 0 Å². The first-order valence-electron chi connectivity index (χ1n) is 4.57. The third kappa shape index (κ3) is 2.26. The van der Waals surface area contributed by atoms with Gasteiger partial charge < -0.3 is 10.1 Å². The summed E-state index contributed by atoms with van der Waals surface area (Å²) in [4.78, 5) is 4.31. The van der Waals surface area contributed by atoms with Crippen molar-refractivity contribution in [3.05, 3.63) is 29.6 Å². The van der Waals surface area contributed by atoms with Crippen LogP contribution in [0.2, 0.25) is 0 Å². The lowest BCUT2D eigenvalue weighted by Gasteiger charge is -2.26. The summed E-state index contributed by atoms with van der Waals surface area (Å²) in [6, 6.07) is 4.67. The quantitative estimate of drug-likeness (QED) is 0.746. The number of nitrogens with zero attached hydrogens (tertiary/aromatic N) is 1. The minimum atomic E-state index is 0.531. The van der Waals surface area contributed by atoms with Crippen LogP contribution in [-0.4, -0.2) is 24.2 Å². The highest BCUT2D eigenvalue weighted by molar-refractivity contribution is 5.12. The van der Waals surface area contributed by atoms with Crippen molar-refractivity contribution in [2.24, 2.45) is 0 Å². The summed E-state index contributed by atoms with van der Waals surface area (Å²) in [5.41, 5.74) is 2.30. The van der Waals surface area contributed by atoms with Gasteiger partial charge in [-0.1, -0.05) is 6.07 Å². The SMILES string of the molecule is Cc1ccc(CNC2COC2)nc1. The summed E-state index contributed by atoms with van der Waals surface area (Å²) in [5, 5.41) is 3.37. The average molecular weight is 178 g/mol. The second kappa shape index (κ2) is 3.85. The molecule has 3 nitrogen and oxygen atoms in total. The largest absolute Gasteiger partial charge is 0.378 e. The fraction of sp³-hybridized carbons (Fsp3) is 0.500. The predicted molar refractivity (Wildman–Crippen MR) is 50.4 cm³/mol. The van der Waals surface area contributed by atoms with E-state index in [2.05, 4.69) is 22.4 Å². The van der Waals surface area contributed by atoms with Crippen molar-refractivity contribution < 1.29 is 4.74 Å². The number of hydrogen-bond donors (Lipinski definition) is 1. The topological polar surface area (TPSA) is 34.1 Å². The van der Waals surface area contributed by atoms with Gasteiger partial charge in [-0.25, -0.2) is 0 Å². The second-order valence-electron chi connectivity index (χ2n) is 3.44. The Labute approximate surface area is 78.1 Å². The van der Waals surface area contributed by atoms with Crippen molar-refractivity contribution in [3.63, 3.8) is 0 Å². The van der Waals surface area contributed by atoms with Gasteiger partial charge in [-0.05, 0) is 18.6 Å². The number of nitrogens with one attached hydrogen (secondary N) is 1.